The van der Waals surface area contributed by atoms with Gasteiger partial charge in [-0.05, 0) is 34.7 Å². The highest BCUT2D eigenvalue weighted by molar-refractivity contribution is 7.14. The van der Waals surface area contributed by atoms with Gasteiger partial charge in [0.2, 0.25) is 0 Å². The van der Waals surface area contributed by atoms with E-state index in [1.807, 2.05) is 12.3 Å². The molecule has 0 aliphatic heterocycles. The molecule has 0 saturated carbocycles. The molecule has 0 saturated heterocycles. The Labute approximate surface area is 119 Å². The molecule has 102 valence electrons. The van der Waals surface area contributed by atoms with Gasteiger partial charge in [-0.1, -0.05) is 18.5 Å². The number of hydrogen-bond donors (Lipinski definition) is 1. The molecule has 0 spiro atoms. The van der Waals surface area contributed by atoms with E-state index in [2.05, 4.69) is 15.5 Å². The third-order valence-electron chi connectivity index (χ3n) is 2.83. The molecule has 1 N–H and O–H groups in total. The van der Waals surface area contributed by atoms with E-state index < -0.39 is 11.9 Å². The lowest BCUT2D eigenvalue weighted by atomic mass is 10.1. The van der Waals surface area contributed by atoms with Gasteiger partial charge in [-0.3, -0.25) is 4.79 Å². The van der Waals surface area contributed by atoms with Crippen molar-refractivity contribution in [2.45, 2.75) is 26.8 Å². The molecule has 0 aromatic carbocycles. The van der Waals surface area contributed by atoms with E-state index in [-0.39, 0.29) is 0 Å². The van der Waals surface area contributed by atoms with Gasteiger partial charge < -0.3 is 5.11 Å². The quantitative estimate of drug-likeness (QED) is 0.917. The van der Waals surface area contributed by atoms with Gasteiger partial charge in [0.25, 0.3) is 0 Å². The van der Waals surface area contributed by atoms with Crippen LogP contribution in [0.15, 0.2) is 5.38 Å². The molecular weight excluding hydrogens is 288 g/mol. The van der Waals surface area contributed by atoms with Gasteiger partial charge >= 0.3 is 5.97 Å². The van der Waals surface area contributed by atoms with Crippen LogP contribution < -0.4 is 0 Å². The first kappa shape index (κ1) is 14.0. The molecule has 19 heavy (non-hydrogen) atoms. The Hall–Kier alpha value is -1.47. The van der Waals surface area contributed by atoms with E-state index in [4.69, 9.17) is 16.7 Å². The zero-order valence-corrected chi connectivity index (χ0v) is 12.1. The number of halogens is 1. The number of rotatable bonds is 5. The highest BCUT2D eigenvalue weighted by Gasteiger charge is 2.17. The maximum Gasteiger partial charge on any atom is 0.306 e. The average Bonchev–Trinajstić information content (AvgIpc) is 2.94. The number of aromatic nitrogens is 4. The fourth-order valence-corrected chi connectivity index (χ4v) is 2.80. The van der Waals surface area contributed by atoms with Crippen molar-refractivity contribution in [3.8, 4) is 10.7 Å². The summed E-state index contributed by atoms with van der Waals surface area (Å²) >= 11 is 7.67. The zero-order chi connectivity index (χ0) is 14.0. The second kappa shape index (κ2) is 5.66. The molecule has 1 atom stereocenters. The molecule has 0 aliphatic rings. The van der Waals surface area contributed by atoms with E-state index in [9.17, 15) is 4.79 Å². The number of carbonyl (C=O) groups is 1. The van der Waals surface area contributed by atoms with Crippen molar-refractivity contribution in [3.05, 3.63) is 16.0 Å². The Kier molecular flexibility index (Phi) is 4.16. The van der Waals surface area contributed by atoms with Gasteiger partial charge in [0.15, 0.2) is 5.82 Å². The van der Waals surface area contributed by atoms with Gasteiger partial charge in [-0.25, -0.2) is 4.68 Å². The van der Waals surface area contributed by atoms with Crippen molar-refractivity contribution in [1.29, 1.82) is 0 Å². The van der Waals surface area contributed by atoms with Crippen LogP contribution >= 0.6 is 22.9 Å². The van der Waals surface area contributed by atoms with E-state index >= 15 is 0 Å². The second-order valence-electron chi connectivity index (χ2n) is 4.32. The lowest BCUT2D eigenvalue weighted by Gasteiger charge is -2.06. The summed E-state index contributed by atoms with van der Waals surface area (Å²) in [7, 11) is 0. The SMILES string of the molecule is Cc1csc(-c2nnnn2CCC(C)C(=O)O)c1Cl. The Balaban J connectivity index is 2.19. The van der Waals surface area contributed by atoms with E-state index in [1.165, 1.54) is 11.3 Å². The molecule has 6 nitrogen and oxygen atoms in total. The largest absolute Gasteiger partial charge is 0.481 e. The number of aryl methyl sites for hydroxylation is 2. The summed E-state index contributed by atoms with van der Waals surface area (Å²) in [5.74, 6) is -0.669. The molecular formula is C11H13ClN4O2S. The minimum absolute atomic E-state index is 0.433. The van der Waals surface area contributed by atoms with Gasteiger partial charge in [0.1, 0.15) is 0 Å². The molecule has 2 aromatic rings. The maximum absolute atomic E-state index is 10.8. The number of carboxylic acid groups (broad SMARTS) is 1. The third kappa shape index (κ3) is 2.93. The molecule has 1 unspecified atom stereocenters. The van der Waals surface area contributed by atoms with Crippen LogP contribution in [0.3, 0.4) is 0 Å². The normalized spacial score (nSPS) is 12.6. The molecule has 8 heteroatoms. The number of thiophene rings is 1. The lowest BCUT2D eigenvalue weighted by molar-refractivity contribution is -0.141. The third-order valence-corrected chi connectivity index (χ3v) is 4.52. The summed E-state index contributed by atoms with van der Waals surface area (Å²) in [4.78, 5) is 11.6. The van der Waals surface area contributed by atoms with Crippen LogP contribution in [0.2, 0.25) is 5.02 Å². The van der Waals surface area contributed by atoms with Crippen molar-refractivity contribution >= 4 is 28.9 Å². The summed E-state index contributed by atoms with van der Waals surface area (Å²) in [6.07, 6.45) is 0.468. The summed E-state index contributed by atoms with van der Waals surface area (Å²) in [5.41, 5.74) is 0.982. The number of nitrogens with zero attached hydrogens (tertiary/aromatic N) is 4. The van der Waals surface area contributed by atoms with Crippen LogP contribution in [0.4, 0.5) is 0 Å². The van der Waals surface area contributed by atoms with Gasteiger partial charge in [0.05, 0.1) is 15.8 Å². The van der Waals surface area contributed by atoms with Gasteiger partial charge in [0, 0.05) is 6.54 Å². The van der Waals surface area contributed by atoms with Crippen molar-refractivity contribution in [2.75, 3.05) is 0 Å². The molecule has 2 rings (SSSR count). The van der Waals surface area contributed by atoms with E-state index in [0.717, 1.165) is 10.4 Å². The summed E-state index contributed by atoms with van der Waals surface area (Å²) in [5, 5.41) is 22.9. The van der Waals surface area contributed by atoms with Crippen LogP contribution in [-0.2, 0) is 11.3 Å². The van der Waals surface area contributed by atoms with Crippen LogP contribution in [0.25, 0.3) is 10.7 Å². The highest BCUT2D eigenvalue weighted by Crippen LogP contribution is 2.34. The van der Waals surface area contributed by atoms with Crippen LogP contribution in [0, 0.1) is 12.8 Å². The highest BCUT2D eigenvalue weighted by atomic mass is 35.5. The number of tetrazole rings is 1. The Morgan fingerprint density at radius 3 is 2.95 bits per heavy atom. The van der Waals surface area contributed by atoms with Crippen molar-refractivity contribution in [3.63, 3.8) is 0 Å². The lowest BCUT2D eigenvalue weighted by Crippen LogP contribution is -2.13. The molecule has 0 radical (unpaired) electrons. The minimum Gasteiger partial charge on any atom is -0.481 e. The number of carboxylic acids is 1. The summed E-state index contributed by atoms with van der Waals surface area (Å²) < 4.78 is 1.59. The predicted octanol–water partition coefficient (Wildman–Crippen LogP) is 2.47. The Morgan fingerprint density at radius 2 is 2.37 bits per heavy atom. The molecule has 2 heterocycles. The van der Waals surface area contributed by atoms with Crippen molar-refractivity contribution in [1.82, 2.24) is 20.2 Å². The monoisotopic (exact) mass is 300 g/mol. The first-order valence-corrected chi connectivity index (χ1v) is 6.99. The first-order chi connectivity index (χ1) is 9.00. The fourth-order valence-electron chi connectivity index (χ4n) is 1.54. The smallest absolute Gasteiger partial charge is 0.306 e. The Bertz CT molecular complexity index is 595. The topological polar surface area (TPSA) is 80.9 Å². The molecule has 0 aliphatic carbocycles. The van der Waals surface area contributed by atoms with Gasteiger partial charge in [-0.2, -0.15) is 0 Å². The average molecular weight is 301 g/mol. The van der Waals surface area contributed by atoms with Crippen LogP contribution in [0.1, 0.15) is 18.9 Å². The van der Waals surface area contributed by atoms with E-state index in [0.29, 0.717) is 23.8 Å². The van der Waals surface area contributed by atoms with Crippen LogP contribution in [0.5, 0.6) is 0 Å². The van der Waals surface area contributed by atoms with Crippen molar-refractivity contribution in [2.24, 2.45) is 5.92 Å². The second-order valence-corrected chi connectivity index (χ2v) is 5.57. The minimum atomic E-state index is -0.820. The Morgan fingerprint density at radius 1 is 1.63 bits per heavy atom. The summed E-state index contributed by atoms with van der Waals surface area (Å²) in [6.45, 7) is 4.03. The number of hydrogen-bond acceptors (Lipinski definition) is 5. The summed E-state index contributed by atoms with van der Waals surface area (Å²) in [6, 6.07) is 0. The zero-order valence-electron chi connectivity index (χ0n) is 10.5. The van der Waals surface area contributed by atoms with Crippen LogP contribution in [-0.4, -0.2) is 31.3 Å². The maximum atomic E-state index is 10.8. The predicted molar refractivity (Wildman–Crippen MR) is 72.3 cm³/mol. The standard InChI is InChI=1S/C11H13ClN4O2S/c1-6(11(17)18)3-4-16-10(13-14-15-16)9-8(12)7(2)5-19-9/h5-6H,3-4H2,1-2H3,(H,17,18). The van der Waals surface area contributed by atoms with E-state index in [1.54, 1.807) is 11.6 Å². The molecule has 0 amide bonds. The molecule has 0 bridgehead atoms. The van der Waals surface area contributed by atoms with Crippen molar-refractivity contribution < 1.29 is 9.90 Å². The first-order valence-electron chi connectivity index (χ1n) is 5.73. The number of aliphatic carboxylic acids is 1. The molecule has 2 aromatic heterocycles. The molecule has 0 fully saturated rings. The fraction of sp³-hybridized carbons (Fsp3) is 0.455. The van der Waals surface area contributed by atoms with Gasteiger partial charge in [-0.15, -0.1) is 16.4 Å².